The van der Waals surface area contributed by atoms with Crippen molar-refractivity contribution in [1.29, 1.82) is 0 Å². The summed E-state index contributed by atoms with van der Waals surface area (Å²) in [6, 6.07) is 7.92. The van der Waals surface area contributed by atoms with Crippen LogP contribution in [0.25, 0.3) is 0 Å². The topological polar surface area (TPSA) is 89.0 Å². The zero-order valence-corrected chi connectivity index (χ0v) is 15.6. The van der Waals surface area contributed by atoms with Crippen molar-refractivity contribution in [3.8, 4) is 0 Å². The fraction of sp³-hybridized carbons (Fsp3) is 0.118. The highest BCUT2D eigenvalue weighted by atomic mass is 32.2. The number of amides is 1. The van der Waals surface area contributed by atoms with Gasteiger partial charge in [0.25, 0.3) is 5.91 Å². The summed E-state index contributed by atoms with van der Waals surface area (Å²) in [7, 11) is -4.06. The number of carbonyl (C=O) groups is 1. The van der Waals surface area contributed by atoms with Crippen molar-refractivity contribution in [3.63, 3.8) is 0 Å². The predicted octanol–water partition coefficient (Wildman–Crippen LogP) is 3.35. The van der Waals surface area contributed by atoms with Gasteiger partial charge in [0.1, 0.15) is 21.5 Å². The quantitative estimate of drug-likeness (QED) is 0.698. The Morgan fingerprint density at radius 1 is 1.15 bits per heavy atom. The molecule has 0 bridgehead atoms. The maximum atomic E-state index is 13.8. The fourth-order valence-corrected chi connectivity index (χ4v) is 5.21. The van der Waals surface area contributed by atoms with Gasteiger partial charge >= 0.3 is 0 Å². The summed E-state index contributed by atoms with van der Waals surface area (Å²) in [5.74, 6) is -3.27. The van der Waals surface area contributed by atoms with E-state index >= 15 is 0 Å². The van der Waals surface area contributed by atoms with E-state index < -0.39 is 38.7 Å². The molecule has 0 aliphatic carbocycles. The smallest absolute Gasteiger partial charge is 0.276 e. The molecule has 3 aromatic rings. The molecule has 0 fully saturated rings. The number of nitrogens with one attached hydrogen (secondary N) is 1. The second kappa shape index (κ2) is 7.49. The van der Waals surface area contributed by atoms with Gasteiger partial charge in [-0.3, -0.25) is 15.1 Å². The molecule has 0 radical (unpaired) electrons. The van der Waals surface area contributed by atoms with Crippen LogP contribution in [0.15, 0.2) is 46.8 Å². The number of hydrogen-bond acceptors (Lipinski definition) is 6. The molecule has 2 aromatic heterocycles. The Bertz CT molecular complexity index is 1080. The minimum atomic E-state index is -4.06. The van der Waals surface area contributed by atoms with E-state index in [1.54, 1.807) is 12.1 Å². The van der Waals surface area contributed by atoms with Crippen molar-refractivity contribution in [2.75, 3.05) is 5.32 Å². The highest BCUT2D eigenvalue weighted by Gasteiger charge is 2.26. The Morgan fingerprint density at radius 2 is 1.85 bits per heavy atom. The number of halogens is 2. The Hall–Kier alpha value is -2.72. The van der Waals surface area contributed by atoms with E-state index in [1.807, 2.05) is 0 Å². The van der Waals surface area contributed by atoms with Gasteiger partial charge in [0, 0.05) is 11.8 Å². The van der Waals surface area contributed by atoms with Crippen LogP contribution in [-0.2, 0) is 15.6 Å². The lowest BCUT2D eigenvalue weighted by atomic mass is 10.2. The van der Waals surface area contributed by atoms with Gasteiger partial charge in [0.2, 0.25) is 0 Å². The summed E-state index contributed by atoms with van der Waals surface area (Å²) in [6.07, 6.45) is 1.45. The molecule has 10 heteroatoms. The van der Waals surface area contributed by atoms with Gasteiger partial charge in [-0.25, -0.2) is 22.2 Å². The molecule has 0 saturated carbocycles. The lowest BCUT2D eigenvalue weighted by Gasteiger charge is -2.05. The molecule has 6 nitrogen and oxygen atoms in total. The molecule has 0 spiro atoms. The molecule has 0 aliphatic rings. The molecule has 0 unspecified atom stereocenters. The fourth-order valence-electron chi connectivity index (χ4n) is 2.31. The molecule has 140 valence electrons. The van der Waals surface area contributed by atoms with Gasteiger partial charge in [0.15, 0.2) is 15.0 Å². The van der Waals surface area contributed by atoms with Crippen molar-refractivity contribution < 1.29 is 22.0 Å². The first-order chi connectivity index (χ1) is 12.8. The van der Waals surface area contributed by atoms with E-state index in [4.69, 9.17) is 0 Å². The van der Waals surface area contributed by atoms with E-state index in [-0.39, 0.29) is 20.7 Å². The number of pyridine rings is 1. The molecular formula is C17H13F2N3O3S2. The number of thiazole rings is 1. The predicted molar refractivity (Wildman–Crippen MR) is 96.3 cm³/mol. The molecule has 27 heavy (non-hydrogen) atoms. The SMILES string of the molecule is Cc1nc(NC(=O)c2ccccn2)sc1S(=O)(=O)Cc1c(F)cccc1F. The third-order valence-electron chi connectivity index (χ3n) is 3.55. The van der Waals surface area contributed by atoms with Gasteiger partial charge in [-0.2, -0.15) is 0 Å². The van der Waals surface area contributed by atoms with Crippen LogP contribution in [0.3, 0.4) is 0 Å². The van der Waals surface area contributed by atoms with Crippen LogP contribution >= 0.6 is 11.3 Å². The number of anilines is 1. The van der Waals surface area contributed by atoms with Crippen molar-refractivity contribution in [2.24, 2.45) is 0 Å². The summed E-state index contributed by atoms with van der Waals surface area (Å²) in [5, 5.41) is 2.52. The maximum Gasteiger partial charge on any atom is 0.276 e. The van der Waals surface area contributed by atoms with Gasteiger partial charge in [-0.15, -0.1) is 0 Å². The van der Waals surface area contributed by atoms with E-state index in [0.717, 1.165) is 18.2 Å². The van der Waals surface area contributed by atoms with E-state index in [0.29, 0.717) is 11.3 Å². The molecule has 0 saturated heterocycles. The molecule has 1 amide bonds. The number of sulfone groups is 1. The Balaban J connectivity index is 1.86. The zero-order chi connectivity index (χ0) is 19.6. The number of carbonyl (C=O) groups excluding carboxylic acids is 1. The second-order valence-corrected chi connectivity index (χ2v) is 8.70. The molecule has 3 rings (SSSR count). The molecular weight excluding hydrogens is 396 g/mol. The van der Waals surface area contributed by atoms with E-state index in [2.05, 4.69) is 15.3 Å². The first-order valence-electron chi connectivity index (χ1n) is 7.63. The van der Waals surface area contributed by atoms with Crippen LogP contribution < -0.4 is 5.32 Å². The third kappa shape index (κ3) is 4.17. The Labute approximate surface area is 157 Å². The van der Waals surface area contributed by atoms with Crippen molar-refractivity contribution in [1.82, 2.24) is 9.97 Å². The zero-order valence-electron chi connectivity index (χ0n) is 13.9. The maximum absolute atomic E-state index is 13.8. The molecule has 1 aromatic carbocycles. The van der Waals surface area contributed by atoms with Crippen LogP contribution in [0.1, 0.15) is 21.7 Å². The van der Waals surface area contributed by atoms with Crippen molar-refractivity contribution in [2.45, 2.75) is 16.9 Å². The highest BCUT2D eigenvalue weighted by Crippen LogP contribution is 2.31. The lowest BCUT2D eigenvalue weighted by molar-refractivity contribution is 0.102. The summed E-state index contributed by atoms with van der Waals surface area (Å²) in [5.41, 5.74) is -0.263. The van der Waals surface area contributed by atoms with Crippen LogP contribution in [0, 0.1) is 18.6 Å². The molecule has 2 heterocycles. The highest BCUT2D eigenvalue weighted by molar-refractivity contribution is 7.92. The first kappa shape index (κ1) is 19.1. The van der Waals surface area contributed by atoms with Crippen molar-refractivity contribution >= 4 is 32.2 Å². The number of aryl methyl sites for hydroxylation is 1. The molecule has 0 atom stereocenters. The van der Waals surface area contributed by atoms with Crippen LogP contribution in [-0.4, -0.2) is 24.3 Å². The third-order valence-corrected chi connectivity index (χ3v) is 6.96. The van der Waals surface area contributed by atoms with Gasteiger partial charge in [-0.05, 0) is 31.2 Å². The largest absolute Gasteiger partial charge is 0.296 e. The number of nitrogens with zero attached hydrogens (tertiary/aromatic N) is 2. The average Bonchev–Trinajstić information content (AvgIpc) is 3.00. The summed E-state index contributed by atoms with van der Waals surface area (Å²) in [6.45, 7) is 1.44. The standard InChI is InChI=1S/C17H13F2N3O3S2/c1-10-16(27(24,25)9-11-12(18)5-4-6-13(11)19)26-17(21-10)22-15(23)14-7-2-3-8-20-14/h2-8H,9H2,1H3,(H,21,22,23). The van der Waals surface area contributed by atoms with Crippen LogP contribution in [0.5, 0.6) is 0 Å². The number of hydrogen-bond donors (Lipinski definition) is 1. The van der Waals surface area contributed by atoms with Gasteiger partial charge in [0.05, 0.1) is 11.4 Å². The normalized spacial score (nSPS) is 11.4. The van der Waals surface area contributed by atoms with E-state index in [9.17, 15) is 22.0 Å². The minimum Gasteiger partial charge on any atom is -0.296 e. The average molecular weight is 409 g/mol. The Morgan fingerprint density at radius 3 is 2.48 bits per heavy atom. The van der Waals surface area contributed by atoms with Gasteiger partial charge < -0.3 is 0 Å². The second-order valence-electron chi connectivity index (χ2n) is 5.52. The Kier molecular flexibility index (Phi) is 5.29. The summed E-state index contributed by atoms with van der Waals surface area (Å²) < 4.78 is 52.6. The molecule has 1 N–H and O–H groups in total. The van der Waals surface area contributed by atoms with Gasteiger partial charge in [-0.1, -0.05) is 23.5 Å². The molecule has 0 aliphatic heterocycles. The minimum absolute atomic E-state index is 0.0516. The van der Waals surface area contributed by atoms with Crippen molar-refractivity contribution in [3.05, 3.63) is 71.2 Å². The summed E-state index contributed by atoms with van der Waals surface area (Å²) in [4.78, 5) is 20.0. The monoisotopic (exact) mass is 409 g/mol. The van der Waals surface area contributed by atoms with Crippen LogP contribution in [0.2, 0.25) is 0 Å². The van der Waals surface area contributed by atoms with E-state index in [1.165, 1.54) is 19.2 Å². The van der Waals surface area contributed by atoms with Crippen LogP contribution in [0.4, 0.5) is 13.9 Å². The first-order valence-corrected chi connectivity index (χ1v) is 10.1. The number of rotatable bonds is 5. The number of benzene rings is 1. The number of aromatic nitrogens is 2. The lowest BCUT2D eigenvalue weighted by Crippen LogP contribution is -2.13. The summed E-state index contributed by atoms with van der Waals surface area (Å²) >= 11 is 0.717.